The Morgan fingerprint density at radius 3 is 2.93 bits per heavy atom. The van der Waals surface area contributed by atoms with E-state index in [4.69, 9.17) is 10.5 Å². The van der Waals surface area contributed by atoms with E-state index >= 15 is 0 Å². The lowest BCUT2D eigenvalue weighted by atomic mass is 10.0. The van der Waals surface area contributed by atoms with Crippen LogP contribution in [0.2, 0.25) is 0 Å². The first-order chi connectivity index (χ1) is 6.88. The molecule has 0 aromatic rings. The van der Waals surface area contributed by atoms with Crippen LogP contribution in [0.15, 0.2) is 0 Å². The molecule has 84 valence electrons. The molecule has 1 atom stereocenters. The second-order valence-corrected chi connectivity index (χ2v) is 3.99. The number of hydrogen-bond donors (Lipinski definition) is 1. The van der Waals surface area contributed by atoms with E-state index in [1.807, 2.05) is 0 Å². The van der Waals surface area contributed by atoms with Crippen molar-refractivity contribution in [3.05, 3.63) is 0 Å². The van der Waals surface area contributed by atoms with Crippen LogP contribution < -0.4 is 5.73 Å². The van der Waals surface area contributed by atoms with Gasteiger partial charge in [-0.15, -0.1) is 0 Å². The van der Waals surface area contributed by atoms with E-state index in [2.05, 4.69) is 11.8 Å². The quantitative estimate of drug-likeness (QED) is 0.655. The van der Waals surface area contributed by atoms with Gasteiger partial charge < -0.3 is 10.5 Å². The van der Waals surface area contributed by atoms with Crippen molar-refractivity contribution in [2.45, 2.75) is 38.6 Å². The van der Waals surface area contributed by atoms with Gasteiger partial charge in [-0.1, -0.05) is 13.3 Å². The molecular weight excluding hydrogens is 176 g/mol. The summed E-state index contributed by atoms with van der Waals surface area (Å²) in [5.41, 5.74) is 5.36. The van der Waals surface area contributed by atoms with Gasteiger partial charge in [-0.05, 0) is 25.8 Å². The Morgan fingerprint density at radius 2 is 2.21 bits per heavy atom. The van der Waals surface area contributed by atoms with Crippen molar-refractivity contribution in [3.8, 4) is 0 Å². The monoisotopic (exact) mass is 200 g/mol. The summed E-state index contributed by atoms with van der Waals surface area (Å²) in [5, 5.41) is 0. The van der Waals surface area contributed by atoms with Crippen molar-refractivity contribution in [3.63, 3.8) is 0 Å². The Hall–Kier alpha value is -0.120. The van der Waals surface area contributed by atoms with Crippen LogP contribution in [-0.2, 0) is 4.74 Å². The maximum absolute atomic E-state index is 5.41. The minimum Gasteiger partial charge on any atom is -0.379 e. The molecule has 1 aliphatic heterocycles. The lowest BCUT2D eigenvalue weighted by Crippen LogP contribution is -2.41. The summed E-state index contributed by atoms with van der Waals surface area (Å²) in [5.74, 6) is 0. The lowest BCUT2D eigenvalue weighted by molar-refractivity contribution is 0.0737. The predicted molar refractivity (Wildman–Crippen MR) is 59.4 cm³/mol. The fraction of sp³-hybridized carbons (Fsp3) is 1.00. The Kier molecular flexibility index (Phi) is 6.15. The normalized spacial score (nSPS) is 24.0. The first-order valence-corrected chi connectivity index (χ1v) is 5.90. The molecule has 0 spiro atoms. The molecule has 0 radical (unpaired) electrons. The number of rotatable bonds is 6. The second kappa shape index (κ2) is 7.21. The molecular formula is C11H24N2O. The number of nitrogens with two attached hydrogens (primary N) is 1. The molecule has 1 fully saturated rings. The van der Waals surface area contributed by atoms with Crippen LogP contribution in [0.3, 0.4) is 0 Å². The minimum atomic E-state index is 0.636. The number of nitrogens with zero attached hydrogens (tertiary/aromatic N) is 1. The minimum absolute atomic E-state index is 0.636. The molecule has 1 heterocycles. The van der Waals surface area contributed by atoms with Gasteiger partial charge in [0.1, 0.15) is 0 Å². The molecule has 0 saturated carbocycles. The van der Waals surface area contributed by atoms with Crippen LogP contribution in [0.5, 0.6) is 0 Å². The van der Waals surface area contributed by atoms with E-state index in [0.29, 0.717) is 13.2 Å². The van der Waals surface area contributed by atoms with E-state index < -0.39 is 0 Å². The molecule has 14 heavy (non-hydrogen) atoms. The second-order valence-electron chi connectivity index (χ2n) is 3.99. The van der Waals surface area contributed by atoms with Crippen LogP contribution in [0.4, 0.5) is 0 Å². The molecule has 0 aromatic carbocycles. The Bertz CT molecular complexity index is 141. The highest BCUT2D eigenvalue weighted by atomic mass is 16.5. The average Bonchev–Trinajstić information content (AvgIpc) is 2.25. The van der Waals surface area contributed by atoms with E-state index in [1.165, 1.54) is 32.2 Å². The topological polar surface area (TPSA) is 38.5 Å². The Balaban J connectivity index is 2.13. The van der Waals surface area contributed by atoms with Crippen molar-refractivity contribution < 1.29 is 4.74 Å². The van der Waals surface area contributed by atoms with Crippen molar-refractivity contribution in [2.75, 3.05) is 32.8 Å². The summed E-state index contributed by atoms with van der Waals surface area (Å²) in [7, 11) is 0. The van der Waals surface area contributed by atoms with E-state index in [9.17, 15) is 0 Å². The number of likely N-dealkylation sites (tertiary alicyclic amines) is 1. The molecule has 1 aliphatic rings. The highest BCUT2D eigenvalue weighted by molar-refractivity contribution is 4.75. The molecule has 0 aromatic heterocycles. The van der Waals surface area contributed by atoms with Crippen molar-refractivity contribution >= 4 is 0 Å². The van der Waals surface area contributed by atoms with Gasteiger partial charge in [0, 0.05) is 19.1 Å². The van der Waals surface area contributed by atoms with Crippen molar-refractivity contribution in [2.24, 2.45) is 5.73 Å². The SMILES string of the molecule is CCC1CCCCN1CCOCCN. The molecule has 1 rings (SSSR count). The fourth-order valence-corrected chi connectivity index (χ4v) is 2.18. The van der Waals surface area contributed by atoms with Gasteiger partial charge in [0.25, 0.3) is 0 Å². The number of piperidine rings is 1. The maximum atomic E-state index is 5.41. The van der Waals surface area contributed by atoms with Crippen LogP contribution in [0.1, 0.15) is 32.6 Å². The summed E-state index contributed by atoms with van der Waals surface area (Å²) in [6.45, 7) is 6.79. The summed E-state index contributed by atoms with van der Waals surface area (Å²) < 4.78 is 5.41. The zero-order chi connectivity index (χ0) is 10.2. The molecule has 0 aliphatic carbocycles. The van der Waals surface area contributed by atoms with E-state index in [1.54, 1.807) is 0 Å². The predicted octanol–water partition coefficient (Wildman–Crippen LogP) is 1.23. The third-order valence-electron chi connectivity index (χ3n) is 3.01. The third-order valence-corrected chi connectivity index (χ3v) is 3.01. The smallest absolute Gasteiger partial charge is 0.0594 e. The van der Waals surface area contributed by atoms with Gasteiger partial charge in [-0.25, -0.2) is 0 Å². The highest BCUT2D eigenvalue weighted by Crippen LogP contribution is 2.18. The van der Waals surface area contributed by atoms with Crippen LogP contribution in [0.25, 0.3) is 0 Å². The molecule has 3 heteroatoms. The Labute approximate surface area is 87.6 Å². The van der Waals surface area contributed by atoms with Crippen molar-refractivity contribution in [1.82, 2.24) is 4.90 Å². The van der Waals surface area contributed by atoms with E-state index in [-0.39, 0.29) is 0 Å². The van der Waals surface area contributed by atoms with Crippen molar-refractivity contribution in [1.29, 1.82) is 0 Å². The highest BCUT2D eigenvalue weighted by Gasteiger charge is 2.19. The number of hydrogen-bond acceptors (Lipinski definition) is 3. The third kappa shape index (κ3) is 3.95. The summed E-state index contributed by atoms with van der Waals surface area (Å²) in [6.07, 6.45) is 5.40. The number of ether oxygens (including phenoxy) is 1. The summed E-state index contributed by atoms with van der Waals surface area (Å²) in [6, 6.07) is 0.797. The van der Waals surface area contributed by atoms with Gasteiger partial charge in [0.15, 0.2) is 0 Å². The lowest BCUT2D eigenvalue weighted by Gasteiger charge is -2.35. The van der Waals surface area contributed by atoms with Crippen LogP contribution in [0, 0.1) is 0 Å². The molecule has 0 bridgehead atoms. The zero-order valence-corrected chi connectivity index (χ0v) is 9.37. The maximum Gasteiger partial charge on any atom is 0.0594 e. The fourth-order valence-electron chi connectivity index (χ4n) is 2.18. The molecule has 2 N–H and O–H groups in total. The van der Waals surface area contributed by atoms with Crippen LogP contribution >= 0.6 is 0 Å². The summed E-state index contributed by atoms with van der Waals surface area (Å²) >= 11 is 0. The first kappa shape index (κ1) is 12.0. The largest absolute Gasteiger partial charge is 0.379 e. The van der Waals surface area contributed by atoms with Gasteiger partial charge in [0.05, 0.1) is 13.2 Å². The molecule has 1 unspecified atom stereocenters. The Morgan fingerprint density at radius 1 is 1.36 bits per heavy atom. The average molecular weight is 200 g/mol. The van der Waals surface area contributed by atoms with E-state index in [0.717, 1.165) is 19.2 Å². The molecule has 1 saturated heterocycles. The van der Waals surface area contributed by atoms with Gasteiger partial charge >= 0.3 is 0 Å². The first-order valence-electron chi connectivity index (χ1n) is 5.90. The standard InChI is InChI=1S/C11H24N2O/c1-2-11-5-3-4-7-13(11)8-10-14-9-6-12/h11H,2-10,12H2,1H3. The van der Waals surface area contributed by atoms with Crippen LogP contribution in [-0.4, -0.2) is 43.8 Å². The van der Waals surface area contributed by atoms with Gasteiger partial charge in [-0.2, -0.15) is 0 Å². The van der Waals surface area contributed by atoms with Gasteiger partial charge in [0.2, 0.25) is 0 Å². The summed E-state index contributed by atoms with van der Waals surface area (Å²) in [4.78, 5) is 2.57. The zero-order valence-electron chi connectivity index (χ0n) is 9.37. The molecule has 0 amide bonds. The molecule has 3 nitrogen and oxygen atoms in total. The van der Waals surface area contributed by atoms with Gasteiger partial charge in [-0.3, -0.25) is 4.90 Å².